The highest BCUT2D eigenvalue weighted by atomic mass is 79.9. The lowest BCUT2D eigenvalue weighted by Crippen LogP contribution is -2.15. The number of sulfonamides is 1. The number of benzene rings is 2. The fraction of sp³-hybridized carbons (Fsp3) is 0. The molecule has 21 heavy (non-hydrogen) atoms. The Morgan fingerprint density at radius 3 is 2.10 bits per heavy atom. The van der Waals surface area contributed by atoms with E-state index in [-0.39, 0.29) is 10.2 Å². The van der Waals surface area contributed by atoms with E-state index in [4.69, 9.17) is 5.73 Å². The Morgan fingerprint density at radius 1 is 1.00 bits per heavy atom. The van der Waals surface area contributed by atoms with Crippen LogP contribution in [-0.4, -0.2) is 8.42 Å². The number of anilines is 2. The molecule has 4 nitrogen and oxygen atoms in total. The van der Waals surface area contributed by atoms with Crippen molar-refractivity contribution in [2.24, 2.45) is 0 Å². The van der Waals surface area contributed by atoms with E-state index in [0.717, 1.165) is 24.3 Å². The summed E-state index contributed by atoms with van der Waals surface area (Å²) in [5.41, 5.74) is 4.14. The van der Waals surface area contributed by atoms with Crippen LogP contribution in [0, 0.1) is 17.5 Å². The molecule has 0 aliphatic heterocycles. The lowest BCUT2D eigenvalue weighted by atomic mass is 10.3. The Kier molecular flexibility index (Phi) is 4.15. The Labute approximate surface area is 127 Å². The van der Waals surface area contributed by atoms with Crippen LogP contribution in [0.5, 0.6) is 0 Å². The van der Waals surface area contributed by atoms with Crippen LogP contribution in [0.15, 0.2) is 39.7 Å². The van der Waals surface area contributed by atoms with Crippen LogP contribution in [-0.2, 0) is 10.0 Å². The summed E-state index contributed by atoms with van der Waals surface area (Å²) in [5, 5.41) is 0. The third-order valence-corrected chi connectivity index (χ3v) is 4.33. The van der Waals surface area contributed by atoms with Crippen molar-refractivity contribution in [2.45, 2.75) is 4.90 Å². The second-order valence-corrected chi connectivity index (χ2v) is 6.63. The maximum Gasteiger partial charge on any atom is 0.262 e. The van der Waals surface area contributed by atoms with Crippen molar-refractivity contribution in [3.05, 3.63) is 52.3 Å². The minimum absolute atomic E-state index is 0.110. The molecule has 0 bridgehead atoms. The summed E-state index contributed by atoms with van der Waals surface area (Å²) >= 11 is 2.87. The van der Waals surface area contributed by atoms with Gasteiger partial charge in [0.2, 0.25) is 0 Å². The molecule has 0 saturated heterocycles. The van der Waals surface area contributed by atoms with Crippen LogP contribution in [0.4, 0.5) is 24.5 Å². The van der Waals surface area contributed by atoms with Gasteiger partial charge < -0.3 is 5.73 Å². The predicted molar refractivity (Wildman–Crippen MR) is 75.7 cm³/mol. The Balaban J connectivity index is 2.44. The van der Waals surface area contributed by atoms with E-state index >= 15 is 0 Å². The Hall–Kier alpha value is -1.74. The normalized spacial score (nSPS) is 11.4. The zero-order valence-corrected chi connectivity index (χ0v) is 12.6. The van der Waals surface area contributed by atoms with Gasteiger partial charge in [-0.1, -0.05) is 15.9 Å². The molecule has 0 heterocycles. The van der Waals surface area contributed by atoms with Crippen LogP contribution in [0.3, 0.4) is 0 Å². The molecular formula is C12H8BrF3N2O2S. The molecule has 2 aromatic rings. The average molecular weight is 381 g/mol. The second-order valence-electron chi connectivity index (χ2n) is 4.03. The molecule has 0 radical (unpaired) electrons. The van der Waals surface area contributed by atoms with Crippen LogP contribution in [0.1, 0.15) is 0 Å². The maximum atomic E-state index is 13.6. The maximum absolute atomic E-state index is 13.6. The average Bonchev–Trinajstić information content (AvgIpc) is 2.37. The lowest BCUT2D eigenvalue weighted by molar-refractivity contribution is 0.581. The van der Waals surface area contributed by atoms with Crippen LogP contribution < -0.4 is 10.5 Å². The first-order chi connectivity index (χ1) is 9.70. The summed E-state index contributed by atoms with van der Waals surface area (Å²) in [7, 11) is -4.35. The quantitative estimate of drug-likeness (QED) is 0.802. The fourth-order valence-electron chi connectivity index (χ4n) is 1.51. The molecule has 0 aliphatic carbocycles. The van der Waals surface area contributed by atoms with Gasteiger partial charge in [0.1, 0.15) is 11.5 Å². The van der Waals surface area contributed by atoms with Gasteiger partial charge in [0.05, 0.1) is 10.6 Å². The van der Waals surface area contributed by atoms with Crippen molar-refractivity contribution >= 4 is 37.3 Å². The van der Waals surface area contributed by atoms with E-state index in [1.807, 2.05) is 0 Å². The number of nitrogens with one attached hydrogen (secondary N) is 1. The molecule has 0 unspecified atom stereocenters. The highest BCUT2D eigenvalue weighted by molar-refractivity contribution is 9.10. The SMILES string of the molecule is Nc1ccc(S(=O)(=O)Nc2c(F)cc(Br)cc2F)cc1F. The Morgan fingerprint density at radius 2 is 1.57 bits per heavy atom. The number of rotatable bonds is 3. The summed E-state index contributed by atoms with van der Waals surface area (Å²) in [4.78, 5) is -0.504. The van der Waals surface area contributed by atoms with Crippen molar-refractivity contribution in [3.63, 3.8) is 0 Å². The minimum atomic E-state index is -4.35. The minimum Gasteiger partial charge on any atom is -0.396 e. The molecule has 0 aliphatic rings. The number of hydrogen-bond donors (Lipinski definition) is 2. The van der Waals surface area contributed by atoms with Gasteiger partial charge >= 0.3 is 0 Å². The van der Waals surface area contributed by atoms with Crippen molar-refractivity contribution in [1.29, 1.82) is 0 Å². The largest absolute Gasteiger partial charge is 0.396 e. The van der Waals surface area contributed by atoms with Crippen molar-refractivity contribution in [3.8, 4) is 0 Å². The molecule has 3 N–H and O–H groups in total. The fourth-order valence-corrected chi connectivity index (χ4v) is 3.00. The highest BCUT2D eigenvalue weighted by Gasteiger charge is 2.20. The number of nitrogen functional groups attached to an aromatic ring is 1. The first-order valence-electron chi connectivity index (χ1n) is 5.43. The first-order valence-corrected chi connectivity index (χ1v) is 7.71. The molecular weight excluding hydrogens is 373 g/mol. The first kappa shape index (κ1) is 15.6. The van der Waals surface area contributed by atoms with Gasteiger partial charge in [-0.05, 0) is 30.3 Å². The van der Waals surface area contributed by atoms with E-state index in [1.165, 1.54) is 0 Å². The van der Waals surface area contributed by atoms with Crippen molar-refractivity contribution < 1.29 is 21.6 Å². The monoisotopic (exact) mass is 380 g/mol. The van der Waals surface area contributed by atoms with E-state index in [2.05, 4.69) is 15.9 Å². The molecule has 2 rings (SSSR count). The topological polar surface area (TPSA) is 72.2 Å². The molecule has 0 saturated carbocycles. The van der Waals surface area contributed by atoms with E-state index in [9.17, 15) is 21.6 Å². The van der Waals surface area contributed by atoms with Crippen LogP contribution >= 0.6 is 15.9 Å². The summed E-state index contributed by atoms with van der Waals surface area (Å²) in [5.74, 6) is -3.17. The highest BCUT2D eigenvalue weighted by Crippen LogP contribution is 2.26. The third-order valence-electron chi connectivity index (χ3n) is 2.53. The lowest BCUT2D eigenvalue weighted by Gasteiger charge is -2.10. The van der Waals surface area contributed by atoms with Gasteiger partial charge in [-0.3, -0.25) is 4.72 Å². The number of nitrogens with two attached hydrogens (primary N) is 1. The Bertz CT molecular complexity index is 789. The summed E-state index contributed by atoms with van der Waals surface area (Å²) < 4.78 is 66.3. The standard InChI is InChI=1S/C12H8BrF3N2O2S/c13-6-3-9(15)12(10(16)4-6)18-21(19,20)7-1-2-11(17)8(14)5-7/h1-5,18H,17H2. The zero-order chi connectivity index (χ0) is 15.8. The third kappa shape index (κ3) is 3.30. The van der Waals surface area contributed by atoms with Gasteiger partial charge in [0.25, 0.3) is 10.0 Å². The van der Waals surface area contributed by atoms with Gasteiger partial charge in [0.15, 0.2) is 11.6 Å². The van der Waals surface area contributed by atoms with Crippen LogP contribution in [0.25, 0.3) is 0 Å². The van der Waals surface area contributed by atoms with Crippen LogP contribution in [0.2, 0.25) is 0 Å². The van der Waals surface area contributed by atoms with E-state index < -0.39 is 38.1 Å². The molecule has 0 spiro atoms. The smallest absolute Gasteiger partial charge is 0.262 e. The molecule has 0 fully saturated rings. The van der Waals surface area contributed by atoms with Gasteiger partial charge in [-0.15, -0.1) is 0 Å². The number of halogens is 4. The van der Waals surface area contributed by atoms with Gasteiger partial charge in [-0.2, -0.15) is 0 Å². The zero-order valence-electron chi connectivity index (χ0n) is 10.2. The molecule has 2 aromatic carbocycles. The number of hydrogen-bond acceptors (Lipinski definition) is 3. The summed E-state index contributed by atoms with van der Waals surface area (Å²) in [6.45, 7) is 0. The van der Waals surface area contributed by atoms with Crippen molar-refractivity contribution in [1.82, 2.24) is 0 Å². The second kappa shape index (κ2) is 5.57. The molecule has 0 atom stereocenters. The van der Waals surface area contributed by atoms with E-state index in [1.54, 1.807) is 4.72 Å². The van der Waals surface area contributed by atoms with Gasteiger partial charge in [0, 0.05) is 4.47 Å². The van der Waals surface area contributed by atoms with Gasteiger partial charge in [-0.25, -0.2) is 21.6 Å². The predicted octanol–water partition coefficient (Wildman–Crippen LogP) is 3.25. The summed E-state index contributed by atoms with van der Waals surface area (Å²) in [6, 6.07) is 4.51. The molecule has 0 amide bonds. The molecule has 0 aromatic heterocycles. The molecule has 112 valence electrons. The summed E-state index contributed by atoms with van der Waals surface area (Å²) in [6.07, 6.45) is 0. The molecule has 9 heteroatoms. The van der Waals surface area contributed by atoms with E-state index in [0.29, 0.717) is 6.07 Å². The van der Waals surface area contributed by atoms with Crippen molar-refractivity contribution in [2.75, 3.05) is 10.5 Å².